The van der Waals surface area contributed by atoms with Crippen LogP contribution in [0.1, 0.15) is 19.3 Å². The van der Waals surface area contributed by atoms with E-state index in [0.717, 1.165) is 6.07 Å². The number of sulfonamides is 1. The second kappa shape index (κ2) is 6.15. The molecule has 114 valence electrons. The van der Waals surface area contributed by atoms with Crippen molar-refractivity contribution in [3.05, 3.63) is 40.1 Å². The lowest BCUT2D eigenvalue weighted by molar-refractivity contribution is -0.132. The average molecular weight is 378 g/mol. The van der Waals surface area contributed by atoms with Gasteiger partial charge in [0.25, 0.3) is 0 Å². The van der Waals surface area contributed by atoms with E-state index >= 15 is 0 Å². The Kier molecular flexibility index (Phi) is 4.67. The van der Waals surface area contributed by atoms with Crippen LogP contribution in [0.15, 0.2) is 34.3 Å². The predicted octanol–water partition coefficient (Wildman–Crippen LogP) is 2.89. The number of carboxylic acid groups (broad SMARTS) is 1. The van der Waals surface area contributed by atoms with Crippen LogP contribution in [0.2, 0.25) is 0 Å². The molecule has 21 heavy (non-hydrogen) atoms. The molecule has 0 bridgehead atoms. The monoisotopic (exact) mass is 377 g/mol. The molecule has 1 aliphatic rings. The van der Waals surface area contributed by atoms with E-state index in [0.29, 0.717) is 17.3 Å². The quantitative estimate of drug-likeness (QED) is 0.844. The summed E-state index contributed by atoms with van der Waals surface area (Å²) in [4.78, 5) is 11.1. The summed E-state index contributed by atoms with van der Waals surface area (Å²) in [6, 6.07) is 3.91. The van der Waals surface area contributed by atoms with E-state index in [1.165, 1.54) is 18.2 Å². The number of hydrogen-bond acceptors (Lipinski definition) is 3. The molecule has 0 spiro atoms. The Bertz CT molecular complexity index is 702. The molecule has 1 aromatic carbocycles. The summed E-state index contributed by atoms with van der Waals surface area (Å²) in [5.41, 5.74) is -0.361. The van der Waals surface area contributed by atoms with E-state index in [1.807, 2.05) is 0 Å². The number of carboxylic acids is 1. The van der Waals surface area contributed by atoms with Gasteiger partial charge in [-0.15, -0.1) is 0 Å². The maximum absolute atomic E-state index is 13.7. The largest absolute Gasteiger partial charge is 0.478 e. The SMILES string of the molecule is O=C(O)C1=CCCCC1S(=O)(=O)Nc1ccc(Br)cc1F. The Labute approximate surface area is 130 Å². The third-order valence-electron chi connectivity index (χ3n) is 3.19. The smallest absolute Gasteiger partial charge is 0.332 e. The zero-order valence-electron chi connectivity index (χ0n) is 10.8. The molecule has 0 fully saturated rings. The van der Waals surface area contributed by atoms with Gasteiger partial charge in [0.2, 0.25) is 10.0 Å². The molecule has 0 aliphatic heterocycles. The van der Waals surface area contributed by atoms with Crippen molar-refractivity contribution in [1.82, 2.24) is 0 Å². The maximum atomic E-state index is 13.7. The lowest BCUT2D eigenvalue weighted by Gasteiger charge is -2.22. The van der Waals surface area contributed by atoms with Crippen LogP contribution in [0.5, 0.6) is 0 Å². The molecule has 2 N–H and O–H groups in total. The second-order valence-electron chi connectivity index (χ2n) is 4.66. The third kappa shape index (κ3) is 3.62. The summed E-state index contributed by atoms with van der Waals surface area (Å²) in [6.45, 7) is 0. The molecule has 0 saturated heterocycles. The van der Waals surface area contributed by atoms with Gasteiger partial charge < -0.3 is 5.11 Å². The Morgan fingerprint density at radius 2 is 2.14 bits per heavy atom. The molecule has 0 radical (unpaired) electrons. The highest BCUT2D eigenvalue weighted by atomic mass is 79.9. The van der Waals surface area contributed by atoms with Gasteiger partial charge >= 0.3 is 5.97 Å². The zero-order chi connectivity index (χ0) is 15.6. The van der Waals surface area contributed by atoms with E-state index < -0.39 is 27.1 Å². The predicted molar refractivity (Wildman–Crippen MR) is 80.0 cm³/mol. The summed E-state index contributed by atoms with van der Waals surface area (Å²) in [5.74, 6) is -1.99. The van der Waals surface area contributed by atoms with Gasteiger partial charge in [-0.2, -0.15) is 0 Å². The number of benzene rings is 1. The minimum absolute atomic E-state index is 0.161. The summed E-state index contributed by atoms with van der Waals surface area (Å²) >= 11 is 3.08. The molecular formula is C13H13BrFNO4S. The molecule has 0 aromatic heterocycles. The van der Waals surface area contributed by atoms with Crippen molar-refractivity contribution in [3.8, 4) is 0 Å². The van der Waals surface area contributed by atoms with Gasteiger partial charge in [-0.3, -0.25) is 4.72 Å². The molecule has 2 rings (SSSR count). The van der Waals surface area contributed by atoms with Crippen LogP contribution in [-0.4, -0.2) is 24.7 Å². The first kappa shape index (κ1) is 16.0. The molecule has 1 unspecified atom stereocenters. The fourth-order valence-electron chi connectivity index (χ4n) is 2.19. The molecular weight excluding hydrogens is 365 g/mol. The standard InChI is InChI=1S/C13H13BrFNO4S/c14-8-5-6-11(10(15)7-8)16-21(19,20)12-4-2-1-3-9(12)13(17)18/h3,5-7,12,16H,1-2,4H2,(H,17,18). The van der Waals surface area contributed by atoms with E-state index in [4.69, 9.17) is 5.11 Å². The molecule has 0 heterocycles. The molecule has 5 nitrogen and oxygen atoms in total. The van der Waals surface area contributed by atoms with Crippen molar-refractivity contribution >= 4 is 37.6 Å². The summed E-state index contributed by atoms with van der Waals surface area (Å²) in [6.07, 6.45) is 2.71. The maximum Gasteiger partial charge on any atom is 0.332 e. The van der Waals surface area contributed by atoms with Crippen LogP contribution in [0.4, 0.5) is 10.1 Å². The number of anilines is 1. The molecule has 0 amide bonds. The zero-order valence-corrected chi connectivity index (χ0v) is 13.2. The summed E-state index contributed by atoms with van der Waals surface area (Å²) in [7, 11) is -4.02. The van der Waals surface area contributed by atoms with Crippen LogP contribution in [0, 0.1) is 5.82 Å². The van der Waals surface area contributed by atoms with Gasteiger partial charge in [0.05, 0.1) is 11.3 Å². The first-order valence-electron chi connectivity index (χ1n) is 6.21. The van der Waals surface area contributed by atoms with Gasteiger partial charge in [0.15, 0.2) is 0 Å². The normalized spacial score (nSPS) is 19.0. The first-order valence-corrected chi connectivity index (χ1v) is 8.55. The van der Waals surface area contributed by atoms with Gasteiger partial charge in [-0.05, 0) is 37.5 Å². The van der Waals surface area contributed by atoms with Crippen molar-refractivity contribution in [1.29, 1.82) is 0 Å². The van der Waals surface area contributed by atoms with E-state index in [1.54, 1.807) is 0 Å². The van der Waals surface area contributed by atoms with Gasteiger partial charge in [0.1, 0.15) is 11.1 Å². The van der Waals surface area contributed by atoms with E-state index in [2.05, 4.69) is 20.7 Å². The number of rotatable bonds is 4. The summed E-state index contributed by atoms with van der Waals surface area (Å²) < 4.78 is 41.0. The lowest BCUT2D eigenvalue weighted by atomic mass is 9.99. The van der Waals surface area contributed by atoms with Crippen LogP contribution in [0.3, 0.4) is 0 Å². The fraction of sp³-hybridized carbons (Fsp3) is 0.308. The highest BCUT2D eigenvalue weighted by molar-refractivity contribution is 9.10. The van der Waals surface area contributed by atoms with Crippen LogP contribution >= 0.6 is 15.9 Å². The van der Waals surface area contributed by atoms with Gasteiger partial charge in [-0.25, -0.2) is 17.6 Å². The van der Waals surface area contributed by atoms with Crippen molar-refractivity contribution < 1.29 is 22.7 Å². The third-order valence-corrected chi connectivity index (χ3v) is 5.42. The van der Waals surface area contributed by atoms with E-state index in [-0.39, 0.29) is 17.7 Å². The molecule has 1 aliphatic carbocycles. The van der Waals surface area contributed by atoms with Crippen LogP contribution < -0.4 is 4.72 Å². The number of aliphatic carboxylic acids is 1. The first-order chi connectivity index (χ1) is 9.81. The van der Waals surface area contributed by atoms with Crippen LogP contribution in [-0.2, 0) is 14.8 Å². The molecule has 8 heteroatoms. The van der Waals surface area contributed by atoms with Crippen molar-refractivity contribution in [3.63, 3.8) is 0 Å². The summed E-state index contributed by atoms with van der Waals surface area (Å²) in [5, 5.41) is 7.91. The lowest BCUT2D eigenvalue weighted by Crippen LogP contribution is -2.34. The Morgan fingerprint density at radius 1 is 1.43 bits per heavy atom. The minimum Gasteiger partial charge on any atom is -0.478 e. The van der Waals surface area contributed by atoms with Crippen molar-refractivity contribution in [2.45, 2.75) is 24.5 Å². The Balaban J connectivity index is 2.31. The molecule has 1 atom stereocenters. The Hall–Kier alpha value is -1.41. The molecule has 1 aromatic rings. The Morgan fingerprint density at radius 3 is 2.76 bits per heavy atom. The topological polar surface area (TPSA) is 83.5 Å². The molecule has 0 saturated carbocycles. The number of carbonyl (C=O) groups is 1. The van der Waals surface area contributed by atoms with Crippen molar-refractivity contribution in [2.75, 3.05) is 4.72 Å². The number of hydrogen-bond donors (Lipinski definition) is 2. The minimum atomic E-state index is -4.02. The average Bonchev–Trinajstić information content (AvgIpc) is 2.42. The second-order valence-corrected chi connectivity index (χ2v) is 7.43. The van der Waals surface area contributed by atoms with Crippen LogP contribution in [0.25, 0.3) is 0 Å². The number of halogens is 2. The van der Waals surface area contributed by atoms with E-state index in [9.17, 15) is 17.6 Å². The van der Waals surface area contributed by atoms with Gasteiger partial charge in [0, 0.05) is 4.47 Å². The number of nitrogens with one attached hydrogen (secondary N) is 1. The highest BCUT2D eigenvalue weighted by Crippen LogP contribution is 2.28. The highest BCUT2D eigenvalue weighted by Gasteiger charge is 2.34. The van der Waals surface area contributed by atoms with Crippen molar-refractivity contribution in [2.24, 2.45) is 0 Å². The van der Waals surface area contributed by atoms with Gasteiger partial charge in [-0.1, -0.05) is 22.0 Å². The number of allylic oxidation sites excluding steroid dienone is 1. The fourth-order valence-corrected chi connectivity index (χ4v) is 4.15.